The number of nitriles is 1. The Kier molecular flexibility index (Phi) is 5.19. The summed E-state index contributed by atoms with van der Waals surface area (Å²) in [5, 5.41) is 9.28. The number of hydrogen-bond acceptors (Lipinski definition) is 5. The maximum Gasteiger partial charge on any atom is 0.299 e. The van der Waals surface area contributed by atoms with Gasteiger partial charge >= 0.3 is 0 Å². The van der Waals surface area contributed by atoms with Crippen molar-refractivity contribution in [2.24, 2.45) is 0 Å². The van der Waals surface area contributed by atoms with Crippen molar-refractivity contribution in [2.45, 2.75) is 25.8 Å². The highest BCUT2D eigenvalue weighted by Crippen LogP contribution is 2.20. The summed E-state index contributed by atoms with van der Waals surface area (Å²) >= 11 is 0. The molecular formula is C19H17FN4O2. The van der Waals surface area contributed by atoms with Crippen LogP contribution in [-0.2, 0) is 6.54 Å². The predicted molar refractivity (Wildman–Crippen MR) is 94.2 cm³/mol. The fourth-order valence-corrected chi connectivity index (χ4v) is 3.06. The van der Waals surface area contributed by atoms with E-state index < -0.39 is 11.4 Å². The van der Waals surface area contributed by atoms with Crippen LogP contribution < -0.4 is 15.2 Å². The number of piperidine rings is 1. The minimum absolute atomic E-state index is 0.0000907. The third-order valence-electron chi connectivity index (χ3n) is 4.32. The lowest BCUT2D eigenvalue weighted by molar-refractivity contribution is 0.491. The molecule has 3 rings (SSSR count). The minimum Gasteiger partial charge on any atom is -0.400 e. The number of hydrogen-bond donors (Lipinski definition) is 0. The lowest BCUT2D eigenvalue weighted by atomic mass is 10.1. The lowest BCUT2D eigenvalue weighted by Gasteiger charge is -2.29. The third kappa shape index (κ3) is 3.52. The molecule has 0 bridgehead atoms. The summed E-state index contributed by atoms with van der Waals surface area (Å²) in [7, 11) is 0. The molecule has 0 amide bonds. The van der Waals surface area contributed by atoms with Gasteiger partial charge in [-0.15, -0.1) is 0 Å². The average molecular weight is 352 g/mol. The van der Waals surface area contributed by atoms with E-state index in [4.69, 9.17) is 11.2 Å². The first-order valence-corrected chi connectivity index (χ1v) is 8.30. The van der Waals surface area contributed by atoms with E-state index >= 15 is 0 Å². The molecule has 0 spiro atoms. The summed E-state index contributed by atoms with van der Waals surface area (Å²) in [5.41, 5.74) is 0.227. The molecule has 1 saturated heterocycles. The van der Waals surface area contributed by atoms with Gasteiger partial charge in [-0.3, -0.25) is 9.36 Å². The summed E-state index contributed by atoms with van der Waals surface area (Å²) in [4.78, 5) is 19.2. The highest BCUT2D eigenvalue weighted by atomic mass is 19.1. The lowest BCUT2D eigenvalue weighted by Crippen LogP contribution is -2.36. The molecule has 0 unspecified atom stereocenters. The van der Waals surface area contributed by atoms with Crippen LogP contribution >= 0.6 is 0 Å². The minimum atomic E-state index is -0.476. The molecule has 132 valence electrons. The molecule has 26 heavy (non-hydrogen) atoms. The van der Waals surface area contributed by atoms with Gasteiger partial charge in [0.15, 0.2) is 0 Å². The van der Waals surface area contributed by atoms with E-state index in [0.717, 1.165) is 32.4 Å². The normalized spacial score (nSPS) is 13.7. The van der Waals surface area contributed by atoms with Crippen molar-refractivity contribution in [3.63, 3.8) is 0 Å². The second-order valence-electron chi connectivity index (χ2n) is 5.99. The summed E-state index contributed by atoms with van der Waals surface area (Å²) in [6, 6.07) is 5.88. The van der Waals surface area contributed by atoms with Gasteiger partial charge in [0, 0.05) is 13.1 Å². The number of terminal acetylenes is 1. The molecule has 2 aromatic rings. The Hall–Kier alpha value is -3.32. The van der Waals surface area contributed by atoms with E-state index in [1.807, 2.05) is 17.1 Å². The maximum atomic E-state index is 13.7. The van der Waals surface area contributed by atoms with E-state index in [1.165, 1.54) is 29.0 Å². The summed E-state index contributed by atoms with van der Waals surface area (Å²) < 4.78 is 20.0. The number of ether oxygens (including phenoxy) is 1. The Labute approximate surface area is 150 Å². The SMILES string of the molecule is C#COc1cnc(N2CCCCC2)n(Cc2cc(F)ccc2C#N)c1=O. The van der Waals surface area contributed by atoms with Crippen LogP contribution in [0.5, 0.6) is 5.75 Å². The molecule has 1 fully saturated rings. The Morgan fingerprint density at radius 2 is 2.08 bits per heavy atom. The fourth-order valence-electron chi connectivity index (χ4n) is 3.06. The monoisotopic (exact) mass is 352 g/mol. The van der Waals surface area contributed by atoms with Crippen LogP contribution in [0.15, 0.2) is 29.2 Å². The molecule has 0 aliphatic carbocycles. The fraction of sp³-hybridized carbons (Fsp3) is 0.316. The highest BCUT2D eigenvalue weighted by Gasteiger charge is 2.20. The molecule has 7 heteroatoms. The van der Waals surface area contributed by atoms with Gasteiger partial charge in [0.1, 0.15) is 11.9 Å². The molecule has 1 aliphatic rings. The molecule has 6 nitrogen and oxygen atoms in total. The van der Waals surface area contributed by atoms with Crippen molar-refractivity contribution in [3.8, 4) is 24.3 Å². The van der Waals surface area contributed by atoms with Gasteiger partial charge in [0.25, 0.3) is 5.56 Å². The highest BCUT2D eigenvalue weighted by molar-refractivity contribution is 5.41. The number of rotatable bonds is 4. The van der Waals surface area contributed by atoms with Crippen molar-refractivity contribution in [2.75, 3.05) is 18.0 Å². The first-order chi connectivity index (χ1) is 12.6. The van der Waals surface area contributed by atoms with E-state index in [0.29, 0.717) is 17.1 Å². The van der Waals surface area contributed by atoms with Crippen molar-refractivity contribution in [1.82, 2.24) is 9.55 Å². The Morgan fingerprint density at radius 1 is 1.31 bits per heavy atom. The van der Waals surface area contributed by atoms with Crippen molar-refractivity contribution in [3.05, 3.63) is 51.7 Å². The topological polar surface area (TPSA) is 71.2 Å². The van der Waals surface area contributed by atoms with Gasteiger partial charge in [0.2, 0.25) is 11.7 Å². The molecule has 0 saturated carbocycles. The van der Waals surface area contributed by atoms with E-state index in [9.17, 15) is 14.4 Å². The molecule has 0 N–H and O–H groups in total. The van der Waals surface area contributed by atoms with Gasteiger partial charge in [0.05, 0.1) is 24.4 Å². The summed E-state index contributed by atoms with van der Waals surface area (Å²) in [5.74, 6) is -0.0917. The van der Waals surface area contributed by atoms with Gasteiger partial charge in [-0.1, -0.05) is 6.42 Å². The average Bonchev–Trinajstić information content (AvgIpc) is 2.66. The third-order valence-corrected chi connectivity index (χ3v) is 4.32. The zero-order valence-corrected chi connectivity index (χ0v) is 14.1. The molecule has 1 aromatic heterocycles. The maximum absolute atomic E-state index is 13.7. The summed E-state index contributed by atoms with van der Waals surface area (Å²) in [6.07, 6.45) is 11.5. The number of halogens is 1. The number of benzene rings is 1. The van der Waals surface area contributed by atoms with E-state index in [1.54, 1.807) is 0 Å². The van der Waals surface area contributed by atoms with Crippen molar-refractivity contribution < 1.29 is 9.13 Å². The van der Waals surface area contributed by atoms with Crippen LogP contribution in [-0.4, -0.2) is 22.6 Å². The second kappa shape index (κ2) is 7.71. The van der Waals surface area contributed by atoms with Crippen LogP contribution in [0.1, 0.15) is 30.4 Å². The number of anilines is 1. The van der Waals surface area contributed by atoms with E-state index in [2.05, 4.69) is 4.98 Å². The standard InChI is InChI=1S/C19H17FN4O2/c1-2-26-17-12-22-19(23-8-4-3-5-9-23)24(18(17)25)13-15-10-16(20)7-6-14(15)11-21/h1,6-7,10,12H,3-5,8-9,13H2. The molecule has 2 heterocycles. The predicted octanol–water partition coefficient (Wildman–Crippen LogP) is 2.26. The molecule has 1 aromatic carbocycles. The first kappa shape index (κ1) is 17.5. The van der Waals surface area contributed by atoms with Crippen molar-refractivity contribution in [1.29, 1.82) is 5.26 Å². The van der Waals surface area contributed by atoms with Crippen LogP contribution in [0.25, 0.3) is 0 Å². The molecule has 0 radical (unpaired) electrons. The Balaban J connectivity index is 2.10. The van der Waals surface area contributed by atoms with Crippen LogP contribution in [0, 0.1) is 29.7 Å². The van der Waals surface area contributed by atoms with Crippen molar-refractivity contribution >= 4 is 5.95 Å². The molecular weight excluding hydrogens is 335 g/mol. The van der Waals surface area contributed by atoms with Crippen LogP contribution in [0.2, 0.25) is 0 Å². The Morgan fingerprint density at radius 3 is 2.77 bits per heavy atom. The van der Waals surface area contributed by atoms with Gasteiger partial charge < -0.3 is 9.64 Å². The van der Waals surface area contributed by atoms with E-state index in [-0.39, 0.29) is 12.3 Å². The van der Waals surface area contributed by atoms with Crippen LogP contribution in [0.3, 0.4) is 0 Å². The largest absolute Gasteiger partial charge is 0.400 e. The van der Waals surface area contributed by atoms with Gasteiger partial charge in [-0.25, -0.2) is 9.37 Å². The van der Waals surface area contributed by atoms with Crippen LogP contribution in [0.4, 0.5) is 10.3 Å². The van der Waals surface area contributed by atoms with Gasteiger partial charge in [-0.2, -0.15) is 5.26 Å². The number of aromatic nitrogens is 2. The second-order valence-corrected chi connectivity index (χ2v) is 5.99. The summed E-state index contributed by atoms with van der Waals surface area (Å²) in [6.45, 7) is 1.55. The Bertz CT molecular complexity index is 949. The quantitative estimate of drug-likeness (QED) is 0.790. The smallest absolute Gasteiger partial charge is 0.299 e. The zero-order chi connectivity index (χ0) is 18.5. The zero-order valence-electron chi connectivity index (χ0n) is 14.1. The first-order valence-electron chi connectivity index (χ1n) is 8.30. The number of nitrogens with zero attached hydrogens (tertiary/aromatic N) is 4. The molecule has 1 aliphatic heterocycles. The molecule has 0 atom stereocenters. The van der Waals surface area contributed by atoms with Gasteiger partial charge in [-0.05, 0) is 43.0 Å².